The number of halogens is 1. The topological polar surface area (TPSA) is 83.8 Å². The SMILES string of the molecule is Cc1ccccc1N=C(NC#N)N1CCN(C(=O)Nc2cccc(Br)c2)C(c2ccccc2)C1. The highest BCUT2D eigenvalue weighted by atomic mass is 79.9. The van der Waals surface area contributed by atoms with Crippen LogP contribution in [0.5, 0.6) is 0 Å². The molecule has 1 atom stereocenters. The van der Waals surface area contributed by atoms with E-state index in [0.717, 1.165) is 27.0 Å². The van der Waals surface area contributed by atoms with Crippen LogP contribution in [0.2, 0.25) is 0 Å². The van der Waals surface area contributed by atoms with Crippen LogP contribution in [0, 0.1) is 18.4 Å². The van der Waals surface area contributed by atoms with E-state index in [-0.39, 0.29) is 12.1 Å². The normalized spacial score (nSPS) is 16.0. The van der Waals surface area contributed by atoms with Gasteiger partial charge in [-0.2, -0.15) is 5.26 Å². The molecule has 0 aliphatic carbocycles. The molecule has 2 N–H and O–H groups in total. The number of aliphatic imine (C=N–C) groups is 1. The number of hydrogen-bond donors (Lipinski definition) is 2. The van der Waals surface area contributed by atoms with Gasteiger partial charge in [0.15, 0.2) is 6.19 Å². The molecule has 3 aromatic carbocycles. The zero-order valence-electron chi connectivity index (χ0n) is 18.8. The van der Waals surface area contributed by atoms with Gasteiger partial charge in [-0.15, -0.1) is 0 Å². The second-order valence-corrected chi connectivity index (χ2v) is 8.88. The van der Waals surface area contributed by atoms with Gasteiger partial charge in [0.05, 0.1) is 11.7 Å². The Morgan fingerprint density at radius 3 is 2.56 bits per heavy atom. The number of benzene rings is 3. The van der Waals surface area contributed by atoms with E-state index < -0.39 is 0 Å². The summed E-state index contributed by atoms with van der Waals surface area (Å²) in [5, 5.41) is 15.1. The fourth-order valence-electron chi connectivity index (χ4n) is 3.97. The highest BCUT2D eigenvalue weighted by molar-refractivity contribution is 9.10. The van der Waals surface area contributed by atoms with Gasteiger partial charge in [-0.05, 0) is 42.3 Å². The van der Waals surface area contributed by atoms with Crippen molar-refractivity contribution in [1.82, 2.24) is 15.1 Å². The van der Waals surface area contributed by atoms with Crippen molar-refractivity contribution in [2.75, 3.05) is 25.0 Å². The third-order valence-electron chi connectivity index (χ3n) is 5.71. The van der Waals surface area contributed by atoms with Crippen molar-refractivity contribution in [3.63, 3.8) is 0 Å². The molecule has 1 unspecified atom stereocenters. The quantitative estimate of drug-likeness (QED) is 0.211. The number of carbonyl (C=O) groups is 1. The van der Waals surface area contributed by atoms with E-state index in [1.165, 1.54) is 0 Å². The molecule has 0 bridgehead atoms. The number of nitriles is 1. The fourth-order valence-corrected chi connectivity index (χ4v) is 4.37. The maximum atomic E-state index is 13.3. The minimum Gasteiger partial charge on any atom is -0.338 e. The number of hydrogen-bond acceptors (Lipinski definition) is 3. The maximum absolute atomic E-state index is 13.3. The Hall–Kier alpha value is -3.83. The van der Waals surface area contributed by atoms with Crippen molar-refractivity contribution in [2.45, 2.75) is 13.0 Å². The summed E-state index contributed by atoms with van der Waals surface area (Å²) in [7, 11) is 0. The summed E-state index contributed by atoms with van der Waals surface area (Å²) < 4.78 is 0.898. The van der Waals surface area contributed by atoms with Crippen molar-refractivity contribution in [1.29, 1.82) is 5.26 Å². The number of piperazine rings is 1. The van der Waals surface area contributed by atoms with Crippen LogP contribution in [0.4, 0.5) is 16.2 Å². The molecule has 1 aliphatic rings. The number of para-hydroxylation sites is 1. The van der Waals surface area contributed by atoms with Gasteiger partial charge in [0, 0.05) is 29.8 Å². The van der Waals surface area contributed by atoms with E-state index in [0.29, 0.717) is 25.6 Å². The summed E-state index contributed by atoms with van der Waals surface area (Å²) in [5.41, 5.74) is 3.56. The molecular weight excluding hydrogens is 492 g/mol. The van der Waals surface area contributed by atoms with Crippen molar-refractivity contribution < 1.29 is 4.79 Å². The van der Waals surface area contributed by atoms with E-state index in [4.69, 9.17) is 4.99 Å². The molecule has 0 radical (unpaired) electrons. The smallest absolute Gasteiger partial charge is 0.322 e. The molecule has 3 aromatic rings. The van der Waals surface area contributed by atoms with Crippen molar-refractivity contribution in [2.24, 2.45) is 4.99 Å². The Balaban J connectivity index is 1.61. The van der Waals surface area contributed by atoms with Crippen molar-refractivity contribution in [3.8, 4) is 6.19 Å². The van der Waals surface area contributed by atoms with Crippen molar-refractivity contribution in [3.05, 3.63) is 94.5 Å². The van der Waals surface area contributed by atoms with Crippen LogP contribution in [-0.4, -0.2) is 41.4 Å². The number of nitrogens with one attached hydrogen (secondary N) is 2. The molecule has 1 fully saturated rings. The van der Waals surface area contributed by atoms with Crippen LogP contribution in [-0.2, 0) is 0 Å². The molecule has 1 aliphatic heterocycles. The number of carbonyl (C=O) groups excluding carboxylic acids is 1. The predicted molar refractivity (Wildman–Crippen MR) is 138 cm³/mol. The first-order valence-corrected chi connectivity index (χ1v) is 11.8. The maximum Gasteiger partial charge on any atom is 0.322 e. The Bertz CT molecular complexity index is 1220. The first-order chi connectivity index (χ1) is 16.5. The molecule has 0 spiro atoms. The van der Waals surface area contributed by atoms with Crippen LogP contribution < -0.4 is 10.6 Å². The highest BCUT2D eigenvalue weighted by Crippen LogP contribution is 2.28. The third kappa shape index (κ3) is 5.56. The molecule has 4 rings (SSSR count). The van der Waals surface area contributed by atoms with Gasteiger partial charge >= 0.3 is 6.03 Å². The lowest BCUT2D eigenvalue weighted by molar-refractivity contribution is 0.135. The zero-order valence-corrected chi connectivity index (χ0v) is 20.4. The van der Waals surface area contributed by atoms with Gasteiger partial charge in [0.2, 0.25) is 5.96 Å². The Labute approximate surface area is 207 Å². The first kappa shape index (κ1) is 23.3. The Kier molecular flexibility index (Phi) is 7.45. The number of guanidine groups is 1. The van der Waals surface area contributed by atoms with Crippen LogP contribution in [0.3, 0.4) is 0 Å². The largest absolute Gasteiger partial charge is 0.338 e. The molecule has 8 heteroatoms. The van der Waals surface area contributed by atoms with Gasteiger partial charge in [-0.3, -0.25) is 5.32 Å². The number of nitrogens with zero attached hydrogens (tertiary/aromatic N) is 4. The molecule has 0 saturated carbocycles. The molecule has 0 aromatic heterocycles. The van der Waals surface area contributed by atoms with Crippen molar-refractivity contribution >= 4 is 39.3 Å². The summed E-state index contributed by atoms with van der Waals surface area (Å²) in [6.07, 6.45) is 2.01. The zero-order chi connectivity index (χ0) is 23.9. The molecule has 1 saturated heterocycles. The summed E-state index contributed by atoms with van der Waals surface area (Å²) in [4.78, 5) is 21.9. The molecule has 1 heterocycles. The van der Waals surface area contributed by atoms with Crippen LogP contribution in [0.1, 0.15) is 17.2 Å². The molecule has 7 nitrogen and oxygen atoms in total. The van der Waals surface area contributed by atoms with E-state index in [9.17, 15) is 10.1 Å². The molecular formula is C26H25BrN6O. The van der Waals surface area contributed by atoms with E-state index in [1.807, 2.05) is 102 Å². The number of urea groups is 1. The van der Waals surface area contributed by atoms with Crippen LogP contribution in [0.15, 0.2) is 88.3 Å². The average molecular weight is 517 g/mol. The lowest BCUT2D eigenvalue weighted by Gasteiger charge is -2.42. The molecule has 172 valence electrons. The third-order valence-corrected chi connectivity index (χ3v) is 6.20. The van der Waals surface area contributed by atoms with E-state index >= 15 is 0 Å². The minimum absolute atomic E-state index is 0.169. The van der Waals surface area contributed by atoms with E-state index in [1.54, 1.807) is 0 Å². The summed E-state index contributed by atoms with van der Waals surface area (Å²) in [6, 6.07) is 24.9. The second-order valence-electron chi connectivity index (χ2n) is 7.97. The Morgan fingerprint density at radius 1 is 1.06 bits per heavy atom. The van der Waals surface area contributed by atoms with Gasteiger partial charge in [0.25, 0.3) is 0 Å². The second kappa shape index (κ2) is 10.9. The van der Waals surface area contributed by atoms with Gasteiger partial charge < -0.3 is 15.1 Å². The number of aryl methyl sites for hydroxylation is 1. The van der Waals surface area contributed by atoms with Gasteiger partial charge in [-0.25, -0.2) is 9.79 Å². The Morgan fingerprint density at radius 2 is 1.82 bits per heavy atom. The standard InChI is InChI=1S/C26H25BrN6O/c1-19-8-5-6-13-23(19)31-25(29-18-28)32-14-15-33(24(17-32)20-9-3-2-4-10-20)26(34)30-22-12-7-11-21(27)16-22/h2-13,16,24H,14-15,17H2,1H3,(H,29,31)(H,30,34). The molecule has 34 heavy (non-hydrogen) atoms. The predicted octanol–water partition coefficient (Wildman–Crippen LogP) is 5.41. The summed E-state index contributed by atoms with van der Waals surface area (Å²) in [5.74, 6) is 0.477. The van der Waals surface area contributed by atoms with Crippen LogP contribution in [0.25, 0.3) is 0 Å². The van der Waals surface area contributed by atoms with Gasteiger partial charge in [-0.1, -0.05) is 70.5 Å². The number of rotatable bonds is 3. The number of anilines is 1. The van der Waals surface area contributed by atoms with Crippen LogP contribution >= 0.6 is 15.9 Å². The van der Waals surface area contributed by atoms with Gasteiger partial charge in [0.1, 0.15) is 0 Å². The monoisotopic (exact) mass is 516 g/mol. The fraction of sp³-hybridized carbons (Fsp3) is 0.192. The highest BCUT2D eigenvalue weighted by Gasteiger charge is 2.33. The lowest BCUT2D eigenvalue weighted by Crippen LogP contribution is -2.55. The summed E-state index contributed by atoms with van der Waals surface area (Å²) >= 11 is 3.45. The van der Waals surface area contributed by atoms with E-state index in [2.05, 4.69) is 26.6 Å². The minimum atomic E-state index is -0.218. The summed E-state index contributed by atoms with van der Waals surface area (Å²) in [6.45, 7) is 3.49. The number of amides is 2. The first-order valence-electron chi connectivity index (χ1n) is 11.0. The lowest BCUT2D eigenvalue weighted by atomic mass is 10.0. The molecule has 2 amide bonds. The average Bonchev–Trinajstić information content (AvgIpc) is 2.85.